The van der Waals surface area contributed by atoms with Crippen molar-refractivity contribution >= 4 is 29.1 Å². The van der Waals surface area contributed by atoms with Gasteiger partial charge < -0.3 is 10.2 Å². The number of aromatic nitrogens is 3. The monoisotopic (exact) mass is 478 g/mol. The zero-order chi connectivity index (χ0) is 23.6. The number of hydrogen-bond donors (Lipinski definition) is 1. The number of halogens is 4. The highest BCUT2D eigenvalue weighted by atomic mass is 35.5. The van der Waals surface area contributed by atoms with Crippen LogP contribution in [0.15, 0.2) is 48.7 Å². The third-order valence-electron chi connectivity index (χ3n) is 5.29. The number of alkyl halides is 3. The minimum Gasteiger partial charge on any atom is -0.353 e. The van der Waals surface area contributed by atoms with Gasteiger partial charge in [-0.1, -0.05) is 29.8 Å². The topological polar surface area (TPSA) is 66.3 Å². The summed E-state index contributed by atoms with van der Waals surface area (Å²) in [6, 6.07) is 12.2. The van der Waals surface area contributed by atoms with Crippen LogP contribution < -0.4 is 10.2 Å². The first kappa shape index (κ1) is 23.1. The zero-order valence-corrected chi connectivity index (χ0v) is 18.6. The third-order valence-corrected chi connectivity index (χ3v) is 5.57. The molecule has 2 aromatic heterocycles. The normalized spacial score (nSPS) is 15.0. The molecule has 0 aliphatic carbocycles. The summed E-state index contributed by atoms with van der Waals surface area (Å²) in [5.74, 6) is 0.727. The maximum absolute atomic E-state index is 12.8. The smallest absolute Gasteiger partial charge is 0.353 e. The van der Waals surface area contributed by atoms with Gasteiger partial charge in [0.2, 0.25) is 5.91 Å². The summed E-state index contributed by atoms with van der Waals surface area (Å²) >= 11 is 6.06. The number of carbonyl (C=O) groups is 1. The van der Waals surface area contributed by atoms with Crippen LogP contribution in [0.1, 0.15) is 11.3 Å². The first-order chi connectivity index (χ1) is 15.7. The molecule has 3 heterocycles. The van der Waals surface area contributed by atoms with E-state index in [2.05, 4.69) is 15.4 Å². The summed E-state index contributed by atoms with van der Waals surface area (Å²) < 4.78 is 40.2. The fourth-order valence-corrected chi connectivity index (χ4v) is 3.96. The number of nitrogens with one attached hydrogen (secondary N) is 1. The Bertz CT molecular complexity index is 1130. The number of nitrogens with zero attached hydrogens (tertiary/aromatic N) is 5. The molecule has 0 radical (unpaired) electrons. The van der Waals surface area contributed by atoms with E-state index >= 15 is 0 Å². The first-order valence-corrected chi connectivity index (χ1v) is 10.7. The van der Waals surface area contributed by atoms with Gasteiger partial charge >= 0.3 is 6.18 Å². The van der Waals surface area contributed by atoms with Crippen LogP contribution in [0.5, 0.6) is 0 Å². The Morgan fingerprint density at radius 2 is 1.82 bits per heavy atom. The molecule has 1 saturated heterocycles. The molecule has 4 rings (SSSR count). The molecule has 3 aromatic rings. The number of carbonyl (C=O) groups excluding carboxylic acids is 1. The largest absolute Gasteiger partial charge is 0.417 e. The van der Waals surface area contributed by atoms with Crippen molar-refractivity contribution in [2.24, 2.45) is 0 Å². The molecule has 0 bridgehead atoms. The fourth-order valence-electron chi connectivity index (χ4n) is 3.68. The van der Waals surface area contributed by atoms with Crippen molar-refractivity contribution in [3.63, 3.8) is 0 Å². The van der Waals surface area contributed by atoms with Crippen LogP contribution in [-0.2, 0) is 11.0 Å². The van der Waals surface area contributed by atoms with Crippen LogP contribution in [0.2, 0.25) is 5.02 Å². The molecule has 1 aromatic carbocycles. The number of hydrogen-bond acceptors (Lipinski definition) is 5. The lowest BCUT2D eigenvalue weighted by molar-refractivity contribution is -0.137. The second-order valence-corrected chi connectivity index (χ2v) is 8.16. The maximum atomic E-state index is 12.8. The molecule has 0 atom stereocenters. The first-order valence-electron chi connectivity index (χ1n) is 10.3. The molecule has 7 nitrogen and oxygen atoms in total. The van der Waals surface area contributed by atoms with Gasteiger partial charge in [-0.15, -0.1) is 0 Å². The number of para-hydroxylation sites is 1. The van der Waals surface area contributed by atoms with Gasteiger partial charge in [0, 0.05) is 38.4 Å². The van der Waals surface area contributed by atoms with Crippen LogP contribution >= 0.6 is 11.6 Å². The van der Waals surface area contributed by atoms with Gasteiger partial charge in [0.15, 0.2) is 0 Å². The number of anilines is 2. The highest BCUT2D eigenvalue weighted by molar-refractivity contribution is 6.33. The van der Waals surface area contributed by atoms with Crippen molar-refractivity contribution in [3.05, 3.63) is 64.9 Å². The number of pyridine rings is 1. The van der Waals surface area contributed by atoms with Crippen LogP contribution in [0.25, 0.3) is 5.69 Å². The lowest BCUT2D eigenvalue weighted by atomic mass is 10.2. The van der Waals surface area contributed by atoms with E-state index in [9.17, 15) is 18.0 Å². The minimum absolute atomic E-state index is 0.0411. The molecule has 0 spiro atoms. The second kappa shape index (κ2) is 9.40. The van der Waals surface area contributed by atoms with E-state index < -0.39 is 11.7 Å². The Balaban J connectivity index is 1.34. The van der Waals surface area contributed by atoms with E-state index in [0.29, 0.717) is 37.8 Å². The summed E-state index contributed by atoms with van der Waals surface area (Å²) in [6.07, 6.45) is -3.70. The molecule has 174 valence electrons. The fraction of sp³-hybridized carbons (Fsp3) is 0.318. The molecular formula is C22H22ClF3N6O. The van der Waals surface area contributed by atoms with Gasteiger partial charge in [-0.3, -0.25) is 9.69 Å². The van der Waals surface area contributed by atoms with Crippen molar-refractivity contribution in [2.75, 3.05) is 42.9 Å². The summed E-state index contributed by atoms with van der Waals surface area (Å²) in [7, 11) is 0. The van der Waals surface area contributed by atoms with Gasteiger partial charge in [-0.25, -0.2) is 9.67 Å². The minimum atomic E-state index is -4.49. The Morgan fingerprint density at radius 3 is 2.45 bits per heavy atom. The number of aryl methyl sites for hydroxylation is 1. The van der Waals surface area contributed by atoms with Crippen LogP contribution in [-0.4, -0.2) is 58.3 Å². The van der Waals surface area contributed by atoms with Gasteiger partial charge in [-0.2, -0.15) is 18.3 Å². The van der Waals surface area contributed by atoms with E-state index in [1.54, 1.807) is 10.7 Å². The summed E-state index contributed by atoms with van der Waals surface area (Å²) in [5, 5.41) is 7.32. The number of amides is 1. The predicted molar refractivity (Wildman–Crippen MR) is 120 cm³/mol. The lowest BCUT2D eigenvalue weighted by Crippen LogP contribution is -2.49. The summed E-state index contributed by atoms with van der Waals surface area (Å²) in [6.45, 7) is 4.11. The van der Waals surface area contributed by atoms with Crippen LogP contribution in [0.3, 0.4) is 0 Å². The second-order valence-electron chi connectivity index (χ2n) is 7.76. The maximum Gasteiger partial charge on any atom is 0.417 e. The lowest BCUT2D eigenvalue weighted by Gasteiger charge is -2.35. The molecule has 0 unspecified atom stereocenters. The molecule has 1 aliphatic heterocycles. The molecule has 0 saturated carbocycles. The predicted octanol–water partition coefficient (Wildman–Crippen LogP) is 4.01. The van der Waals surface area contributed by atoms with E-state index in [0.717, 1.165) is 23.6 Å². The van der Waals surface area contributed by atoms with Crippen molar-refractivity contribution in [1.82, 2.24) is 19.7 Å². The van der Waals surface area contributed by atoms with Gasteiger partial charge in [-0.05, 0) is 25.1 Å². The molecular weight excluding hydrogens is 457 g/mol. The Hall–Kier alpha value is -3.11. The van der Waals surface area contributed by atoms with Crippen molar-refractivity contribution < 1.29 is 18.0 Å². The number of rotatable bonds is 5. The van der Waals surface area contributed by atoms with E-state index in [4.69, 9.17) is 11.6 Å². The van der Waals surface area contributed by atoms with Crippen LogP contribution in [0.4, 0.5) is 24.8 Å². The zero-order valence-electron chi connectivity index (χ0n) is 17.8. The average Bonchev–Trinajstić information content (AvgIpc) is 3.14. The quantitative estimate of drug-likeness (QED) is 0.600. The standard InChI is InChI=1S/C22H22ClF3N6O/c1-15-11-19(32(29-15)17-5-3-2-4-6-17)28-20(33)14-30-7-9-31(10-8-30)21-18(23)12-16(13-27-21)22(24,25)26/h2-6,11-13H,7-10,14H2,1H3,(H,28,33). The Kier molecular flexibility index (Phi) is 6.57. The molecule has 1 fully saturated rings. The summed E-state index contributed by atoms with van der Waals surface area (Å²) in [4.78, 5) is 20.4. The third kappa shape index (κ3) is 5.45. The van der Waals surface area contributed by atoms with E-state index in [1.165, 1.54) is 0 Å². The van der Waals surface area contributed by atoms with Crippen molar-refractivity contribution in [2.45, 2.75) is 13.1 Å². The van der Waals surface area contributed by atoms with Crippen molar-refractivity contribution in [3.8, 4) is 5.69 Å². The Labute approximate surface area is 193 Å². The van der Waals surface area contributed by atoms with Gasteiger partial charge in [0.1, 0.15) is 11.6 Å². The van der Waals surface area contributed by atoms with E-state index in [1.807, 2.05) is 47.1 Å². The number of benzene rings is 1. The molecule has 1 aliphatic rings. The molecule has 33 heavy (non-hydrogen) atoms. The van der Waals surface area contributed by atoms with Crippen molar-refractivity contribution in [1.29, 1.82) is 0 Å². The van der Waals surface area contributed by atoms with Crippen LogP contribution in [0, 0.1) is 6.92 Å². The number of piperazine rings is 1. The van der Waals surface area contributed by atoms with Gasteiger partial charge in [0.05, 0.1) is 28.5 Å². The molecule has 11 heteroatoms. The summed E-state index contributed by atoms with van der Waals surface area (Å²) in [5.41, 5.74) is 0.746. The average molecular weight is 479 g/mol. The SMILES string of the molecule is Cc1cc(NC(=O)CN2CCN(c3ncc(C(F)(F)F)cc3Cl)CC2)n(-c2ccccc2)n1. The highest BCUT2D eigenvalue weighted by Gasteiger charge is 2.32. The Morgan fingerprint density at radius 1 is 1.12 bits per heavy atom. The van der Waals surface area contributed by atoms with E-state index in [-0.39, 0.29) is 17.5 Å². The molecule has 1 amide bonds. The molecule has 1 N–H and O–H groups in total. The van der Waals surface area contributed by atoms with Gasteiger partial charge in [0.25, 0.3) is 0 Å². The highest BCUT2D eigenvalue weighted by Crippen LogP contribution is 2.33.